The number of alkyl halides is 6. The van der Waals surface area contributed by atoms with Crippen LogP contribution in [0.25, 0.3) is 0 Å². The average Bonchev–Trinajstić information content (AvgIpc) is 3.34. The van der Waals surface area contributed by atoms with Crippen LogP contribution >= 0.6 is 0 Å². The number of rotatable bonds is 2. The van der Waals surface area contributed by atoms with Gasteiger partial charge in [0.1, 0.15) is 33.5 Å². The Morgan fingerprint density at radius 3 is 1.00 bits per heavy atom. The third-order valence-electron chi connectivity index (χ3n) is 4.83. The fourth-order valence-electron chi connectivity index (χ4n) is 3.28. The van der Waals surface area contributed by atoms with Crippen molar-refractivity contribution in [2.24, 2.45) is 0 Å². The number of hydrogen-bond acceptors (Lipinski definition) is 6. The molecule has 2 unspecified atom stereocenters. The molecule has 0 N–H and O–H groups in total. The van der Waals surface area contributed by atoms with E-state index in [9.17, 15) is 26.3 Å². The van der Waals surface area contributed by atoms with Crippen molar-refractivity contribution in [1.29, 1.82) is 0 Å². The maximum atomic E-state index is 10.7. The predicted octanol–water partition coefficient (Wildman–Crippen LogP) is 3.00. The van der Waals surface area contributed by atoms with Crippen molar-refractivity contribution < 1.29 is 52.3 Å². The van der Waals surface area contributed by atoms with Crippen LogP contribution in [0.2, 0.25) is 0 Å². The first-order valence-corrected chi connectivity index (χ1v) is 15.6. The molecular weight excluding hydrogens is 530 g/mol. The zero-order chi connectivity index (χ0) is 24.8. The van der Waals surface area contributed by atoms with Crippen LogP contribution in [0.4, 0.5) is 26.3 Å². The molecule has 2 saturated heterocycles. The van der Waals surface area contributed by atoms with Crippen LogP contribution in [-0.2, 0) is 42.0 Å². The van der Waals surface area contributed by atoms with Gasteiger partial charge in [0.05, 0.1) is 0 Å². The molecule has 0 spiro atoms. The molecular formula is C16H24F6O6S4. The molecule has 0 aromatic heterocycles. The summed E-state index contributed by atoms with van der Waals surface area (Å²) in [6, 6.07) is 0. The van der Waals surface area contributed by atoms with Crippen LogP contribution in [0.5, 0.6) is 0 Å². The van der Waals surface area contributed by atoms with Crippen molar-refractivity contribution in [1.82, 2.24) is 0 Å². The summed E-state index contributed by atoms with van der Waals surface area (Å²) < 4.78 is 118. The highest BCUT2D eigenvalue weighted by Gasteiger charge is 2.39. The third-order valence-corrected chi connectivity index (χ3v) is 11.7. The van der Waals surface area contributed by atoms with E-state index in [1.54, 1.807) is 23.0 Å². The summed E-state index contributed by atoms with van der Waals surface area (Å²) in [6.07, 6.45) is 14.4. The van der Waals surface area contributed by atoms with Crippen molar-refractivity contribution in [3.05, 3.63) is 12.2 Å². The molecule has 0 aromatic rings. The van der Waals surface area contributed by atoms with E-state index in [0.717, 1.165) is 32.3 Å². The lowest BCUT2D eigenvalue weighted by Crippen LogP contribution is -2.30. The van der Waals surface area contributed by atoms with E-state index in [0.29, 0.717) is 0 Å². The lowest BCUT2D eigenvalue weighted by Gasteiger charge is -2.20. The normalized spacial score (nSPS) is 25.6. The van der Waals surface area contributed by atoms with E-state index in [1.807, 2.05) is 0 Å². The van der Waals surface area contributed by atoms with Gasteiger partial charge in [0.2, 0.25) is 0 Å². The summed E-state index contributed by atoms with van der Waals surface area (Å²) in [7, 11) is -10.6. The van der Waals surface area contributed by atoms with E-state index in [-0.39, 0.29) is 0 Å². The molecule has 2 heterocycles. The third kappa shape index (κ3) is 9.99. The minimum atomic E-state index is -6.09. The van der Waals surface area contributed by atoms with Gasteiger partial charge < -0.3 is 9.11 Å². The van der Waals surface area contributed by atoms with E-state index in [4.69, 9.17) is 25.9 Å². The fraction of sp³-hybridized carbons (Fsp3) is 0.875. The lowest BCUT2D eigenvalue weighted by molar-refractivity contribution is -0.0522. The van der Waals surface area contributed by atoms with E-state index < -0.39 is 31.3 Å². The van der Waals surface area contributed by atoms with Crippen molar-refractivity contribution in [3.8, 4) is 0 Å². The summed E-state index contributed by atoms with van der Waals surface area (Å²) in [5.41, 5.74) is -11.3. The molecule has 0 aromatic carbocycles. The molecule has 3 rings (SSSR count). The van der Waals surface area contributed by atoms with Crippen LogP contribution in [0.1, 0.15) is 38.5 Å². The molecule has 3 aliphatic rings. The first-order chi connectivity index (χ1) is 14.4. The molecule has 2 atom stereocenters. The molecule has 1 aliphatic carbocycles. The Balaban J connectivity index is 0.000000273. The maximum Gasteiger partial charge on any atom is 0.485 e. The monoisotopic (exact) mass is 554 g/mol. The topological polar surface area (TPSA) is 114 Å². The first-order valence-electron chi connectivity index (χ1n) is 9.48. The van der Waals surface area contributed by atoms with Crippen LogP contribution in [0.3, 0.4) is 0 Å². The highest BCUT2D eigenvalue weighted by molar-refractivity contribution is 7.98. The summed E-state index contributed by atoms with van der Waals surface area (Å²) in [5.74, 6) is 6.19. The van der Waals surface area contributed by atoms with Gasteiger partial charge in [0, 0.05) is 12.8 Å². The first kappa shape index (κ1) is 29.9. The quantitative estimate of drug-likeness (QED) is 0.170. The largest absolute Gasteiger partial charge is 0.741 e. The smallest absolute Gasteiger partial charge is 0.485 e. The molecule has 2 aliphatic heterocycles. The van der Waals surface area contributed by atoms with Gasteiger partial charge in [-0.1, -0.05) is 0 Å². The Kier molecular flexibility index (Phi) is 11.2. The van der Waals surface area contributed by atoms with E-state index >= 15 is 0 Å². The van der Waals surface area contributed by atoms with Gasteiger partial charge in [-0.2, -0.15) is 26.3 Å². The Bertz CT molecular complexity index is 745. The van der Waals surface area contributed by atoms with E-state index in [1.165, 1.54) is 38.5 Å². The molecule has 0 bridgehead atoms. The second kappa shape index (κ2) is 12.0. The highest BCUT2D eigenvalue weighted by atomic mass is 32.2. The van der Waals surface area contributed by atoms with Gasteiger partial charge in [-0.25, -0.2) is 16.8 Å². The summed E-state index contributed by atoms with van der Waals surface area (Å²) in [6.45, 7) is 0. The van der Waals surface area contributed by atoms with Crippen molar-refractivity contribution >= 4 is 42.0 Å². The van der Waals surface area contributed by atoms with Gasteiger partial charge >= 0.3 is 11.0 Å². The highest BCUT2D eigenvalue weighted by Crippen LogP contribution is 2.31. The van der Waals surface area contributed by atoms with Crippen LogP contribution in [0.15, 0.2) is 12.2 Å². The van der Waals surface area contributed by atoms with Crippen LogP contribution in [0, 0.1) is 0 Å². The van der Waals surface area contributed by atoms with Gasteiger partial charge in [0.15, 0.2) is 20.2 Å². The van der Waals surface area contributed by atoms with Crippen molar-refractivity contribution in [2.45, 2.75) is 60.0 Å². The summed E-state index contributed by atoms with van der Waals surface area (Å²) in [5, 5.41) is 1.98. The molecule has 0 saturated carbocycles. The van der Waals surface area contributed by atoms with Crippen LogP contribution in [-0.4, -0.2) is 70.5 Å². The zero-order valence-electron chi connectivity index (χ0n) is 16.7. The number of hydrogen-bond donors (Lipinski definition) is 0. The second-order valence-electron chi connectivity index (χ2n) is 7.14. The molecule has 190 valence electrons. The molecule has 6 nitrogen and oxygen atoms in total. The fourth-order valence-corrected chi connectivity index (χ4v) is 8.77. The molecule has 0 radical (unpaired) electrons. The number of halogens is 6. The van der Waals surface area contributed by atoms with Gasteiger partial charge in [-0.05, 0) is 59.6 Å². The molecule has 0 amide bonds. The Morgan fingerprint density at radius 2 is 0.844 bits per heavy atom. The summed E-state index contributed by atoms with van der Waals surface area (Å²) in [4.78, 5) is 0. The van der Waals surface area contributed by atoms with Crippen LogP contribution < -0.4 is 0 Å². The second-order valence-corrected chi connectivity index (χ2v) is 14.9. The summed E-state index contributed by atoms with van der Waals surface area (Å²) >= 11 is 0. The molecule has 32 heavy (non-hydrogen) atoms. The van der Waals surface area contributed by atoms with Crippen molar-refractivity contribution in [3.63, 3.8) is 0 Å². The lowest BCUT2D eigenvalue weighted by atomic mass is 10.1. The SMILES string of the molecule is C1=CC([S+]2CCCC2)CCC1[S+]1CCCC1.O=S(=O)([O-])C(F)(F)F.O=S(=O)([O-])C(F)(F)F. The van der Waals surface area contributed by atoms with Gasteiger partial charge in [-0.3, -0.25) is 0 Å². The Hall–Kier alpha value is -0.160. The average molecular weight is 555 g/mol. The van der Waals surface area contributed by atoms with E-state index in [2.05, 4.69) is 12.2 Å². The Labute approximate surface area is 189 Å². The minimum absolute atomic E-state index is 0.786. The molecule has 16 heteroatoms. The standard InChI is InChI=1S/C14H24S2.2CHF3O3S/c1-2-10-15(9-1)13-5-7-14(8-6-13)16-11-3-4-12-16;2*2-1(3,4)8(5,6)7/h5,7,13-14H,1-4,6,8-12H2;2*(H,5,6,7)/q+2;;/p-2. The predicted molar refractivity (Wildman–Crippen MR) is 110 cm³/mol. The van der Waals surface area contributed by atoms with Gasteiger partial charge in [0.25, 0.3) is 0 Å². The zero-order valence-corrected chi connectivity index (χ0v) is 20.0. The van der Waals surface area contributed by atoms with Crippen molar-refractivity contribution in [2.75, 3.05) is 23.0 Å². The minimum Gasteiger partial charge on any atom is -0.741 e. The molecule has 2 fully saturated rings. The Morgan fingerprint density at radius 1 is 0.625 bits per heavy atom. The van der Waals surface area contributed by atoms with Gasteiger partial charge in [-0.15, -0.1) is 0 Å². The maximum absolute atomic E-state index is 10.7.